The maximum absolute atomic E-state index is 13.2. The van der Waals surface area contributed by atoms with Gasteiger partial charge < -0.3 is 15.0 Å². The molecule has 0 saturated heterocycles. The third kappa shape index (κ3) is 5.71. The van der Waals surface area contributed by atoms with Crippen molar-refractivity contribution >= 4 is 39.9 Å². The molecule has 0 aliphatic heterocycles. The topological polar surface area (TPSA) is 41.6 Å². The van der Waals surface area contributed by atoms with Crippen molar-refractivity contribution in [2.24, 2.45) is 0 Å². The molecule has 0 fully saturated rings. The first-order valence-electron chi connectivity index (χ1n) is 8.96. The summed E-state index contributed by atoms with van der Waals surface area (Å²) in [5.74, 6) is 0.515. The Morgan fingerprint density at radius 2 is 1.85 bits per heavy atom. The van der Waals surface area contributed by atoms with Crippen LogP contribution in [0.1, 0.15) is 30.2 Å². The molecule has 0 aromatic heterocycles. The van der Waals surface area contributed by atoms with Gasteiger partial charge in [0.05, 0.1) is 12.8 Å². The van der Waals surface area contributed by atoms with Gasteiger partial charge in [0, 0.05) is 13.1 Å². The van der Waals surface area contributed by atoms with E-state index < -0.39 is 5.25 Å². The van der Waals surface area contributed by atoms with Gasteiger partial charge in [-0.05, 0) is 44.0 Å². The lowest BCUT2D eigenvalue weighted by molar-refractivity contribution is -0.115. The second kappa shape index (κ2) is 10.3. The first kappa shape index (κ1) is 21.3. The zero-order valence-corrected chi connectivity index (χ0v) is 17.8. The second-order valence-electron chi connectivity index (χ2n) is 6.04. The molecule has 1 amide bonds. The second-order valence-corrected chi connectivity index (χ2v) is 7.78. The predicted molar refractivity (Wildman–Crippen MR) is 119 cm³/mol. The van der Waals surface area contributed by atoms with Gasteiger partial charge in [-0.15, -0.1) is 0 Å². The number of aryl methyl sites for hydroxylation is 1. The van der Waals surface area contributed by atoms with Crippen LogP contribution in [0.4, 0.5) is 5.69 Å². The summed E-state index contributed by atoms with van der Waals surface area (Å²) in [6, 6.07) is 15.4. The Kier molecular flexibility index (Phi) is 8.13. The highest BCUT2D eigenvalue weighted by molar-refractivity contribution is 8.23. The highest BCUT2D eigenvalue weighted by Gasteiger charge is 2.25. The number of anilines is 1. The number of thioether (sulfide) groups is 1. The van der Waals surface area contributed by atoms with Gasteiger partial charge in [-0.25, -0.2) is 0 Å². The molecule has 2 aromatic carbocycles. The highest BCUT2D eigenvalue weighted by Crippen LogP contribution is 2.34. The number of carbonyl (C=O) groups is 1. The maximum atomic E-state index is 13.2. The molecule has 0 bridgehead atoms. The third-order valence-electron chi connectivity index (χ3n) is 4.19. The maximum Gasteiger partial charge on any atom is 0.242 e. The number of ether oxygens (including phenoxy) is 1. The Bertz CT molecular complexity index is 777. The lowest BCUT2D eigenvalue weighted by atomic mass is 10.1. The normalized spacial score (nSPS) is 11.6. The molecule has 2 rings (SSSR count). The molecule has 0 heterocycles. The molecule has 4 nitrogen and oxygen atoms in total. The van der Waals surface area contributed by atoms with Crippen LogP contribution >= 0.6 is 24.0 Å². The Hall–Kier alpha value is -2.05. The average molecular weight is 403 g/mol. The van der Waals surface area contributed by atoms with E-state index in [1.165, 1.54) is 11.8 Å². The molecule has 0 aliphatic rings. The van der Waals surface area contributed by atoms with Gasteiger partial charge in [-0.3, -0.25) is 4.79 Å². The van der Waals surface area contributed by atoms with Gasteiger partial charge in [0.25, 0.3) is 0 Å². The summed E-state index contributed by atoms with van der Waals surface area (Å²) in [6.07, 6.45) is 0. The van der Waals surface area contributed by atoms with Gasteiger partial charge in [0.15, 0.2) is 0 Å². The summed E-state index contributed by atoms with van der Waals surface area (Å²) >= 11 is 6.99. The van der Waals surface area contributed by atoms with E-state index in [1.54, 1.807) is 7.11 Å². The van der Waals surface area contributed by atoms with E-state index >= 15 is 0 Å². The lowest BCUT2D eigenvalue weighted by Gasteiger charge is -2.25. The van der Waals surface area contributed by atoms with Crippen molar-refractivity contribution in [2.45, 2.75) is 26.0 Å². The van der Waals surface area contributed by atoms with Gasteiger partial charge in [0.2, 0.25) is 5.91 Å². The Balaban J connectivity index is 2.29. The van der Waals surface area contributed by atoms with Gasteiger partial charge >= 0.3 is 0 Å². The molecule has 6 heteroatoms. The molecule has 27 heavy (non-hydrogen) atoms. The number of carbonyl (C=O) groups excluding carboxylic acids is 1. The molecule has 0 saturated carbocycles. The fourth-order valence-electron chi connectivity index (χ4n) is 2.68. The number of hydrogen-bond donors (Lipinski definition) is 1. The van der Waals surface area contributed by atoms with Crippen LogP contribution in [0.2, 0.25) is 0 Å². The van der Waals surface area contributed by atoms with Crippen LogP contribution in [-0.4, -0.2) is 35.3 Å². The standard InChI is InChI=1S/C21H26N2O2S2/c1-5-23(6-2)21(26)27-19(16-10-8-7-9-11-16)20(24)22-17-14-15(3)12-13-18(17)25-4/h7-14,19H,5-6H2,1-4H3,(H,22,24). The molecule has 144 valence electrons. The zero-order valence-electron chi connectivity index (χ0n) is 16.2. The van der Waals surface area contributed by atoms with Crippen molar-refractivity contribution in [1.29, 1.82) is 0 Å². The number of hydrogen-bond acceptors (Lipinski definition) is 4. The summed E-state index contributed by atoms with van der Waals surface area (Å²) in [5, 5.41) is 2.58. The molecule has 1 N–H and O–H groups in total. The molecule has 2 aromatic rings. The summed E-state index contributed by atoms with van der Waals surface area (Å²) in [6.45, 7) is 7.74. The molecular weight excluding hydrogens is 376 g/mol. The van der Waals surface area contributed by atoms with E-state index in [4.69, 9.17) is 17.0 Å². The number of nitrogens with zero attached hydrogens (tertiary/aromatic N) is 1. The Morgan fingerprint density at radius 3 is 2.44 bits per heavy atom. The van der Waals surface area contributed by atoms with Crippen LogP contribution < -0.4 is 10.1 Å². The van der Waals surface area contributed by atoms with Crippen molar-refractivity contribution in [3.05, 3.63) is 59.7 Å². The number of nitrogens with one attached hydrogen (secondary N) is 1. The zero-order chi connectivity index (χ0) is 19.8. The molecule has 0 radical (unpaired) electrons. The van der Waals surface area contributed by atoms with Crippen LogP contribution in [0.15, 0.2) is 48.5 Å². The van der Waals surface area contributed by atoms with Crippen molar-refractivity contribution in [1.82, 2.24) is 4.90 Å². The van der Waals surface area contributed by atoms with E-state index in [1.807, 2.05) is 55.5 Å². The summed E-state index contributed by atoms with van der Waals surface area (Å²) in [5.41, 5.74) is 2.63. The van der Waals surface area contributed by atoms with Crippen LogP contribution in [0.3, 0.4) is 0 Å². The number of thiocarbonyl (C=S) groups is 1. The van der Waals surface area contributed by atoms with Crippen LogP contribution in [0.5, 0.6) is 5.75 Å². The van der Waals surface area contributed by atoms with E-state index in [0.29, 0.717) is 11.4 Å². The van der Waals surface area contributed by atoms with E-state index in [2.05, 4.69) is 24.1 Å². The summed E-state index contributed by atoms with van der Waals surface area (Å²) < 4.78 is 6.11. The number of rotatable bonds is 7. The van der Waals surface area contributed by atoms with Gasteiger partial charge in [-0.2, -0.15) is 0 Å². The Labute approximate surface area is 171 Å². The van der Waals surface area contributed by atoms with Crippen molar-refractivity contribution in [3.63, 3.8) is 0 Å². The SMILES string of the molecule is CCN(CC)C(=S)SC(C(=O)Nc1cc(C)ccc1OC)c1ccccc1. The highest BCUT2D eigenvalue weighted by atomic mass is 32.2. The molecule has 0 aliphatic carbocycles. The largest absolute Gasteiger partial charge is 0.495 e. The smallest absolute Gasteiger partial charge is 0.242 e. The third-order valence-corrected chi connectivity index (χ3v) is 5.92. The predicted octanol–water partition coefficient (Wildman–Crippen LogP) is 5.04. The fourth-order valence-corrected chi connectivity index (χ4v) is 4.29. The number of amides is 1. The first-order valence-corrected chi connectivity index (χ1v) is 10.2. The number of benzene rings is 2. The van der Waals surface area contributed by atoms with Gasteiger partial charge in [0.1, 0.15) is 15.3 Å². The van der Waals surface area contributed by atoms with Crippen molar-refractivity contribution in [2.75, 3.05) is 25.5 Å². The molecule has 1 atom stereocenters. The van der Waals surface area contributed by atoms with Crippen molar-refractivity contribution < 1.29 is 9.53 Å². The monoisotopic (exact) mass is 402 g/mol. The van der Waals surface area contributed by atoms with E-state index in [-0.39, 0.29) is 5.91 Å². The minimum absolute atomic E-state index is 0.121. The van der Waals surface area contributed by atoms with E-state index in [9.17, 15) is 4.79 Å². The van der Waals surface area contributed by atoms with E-state index in [0.717, 1.165) is 28.5 Å². The van der Waals surface area contributed by atoms with Crippen LogP contribution in [0, 0.1) is 6.92 Å². The van der Waals surface area contributed by atoms with Crippen molar-refractivity contribution in [3.8, 4) is 5.75 Å². The minimum Gasteiger partial charge on any atom is -0.495 e. The molecular formula is C21H26N2O2S2. The summed E-state index contributed by atoms with van der Waals surface area (Å²) in [4.78, 5) is 15.2. The molecule has 1 unspecified atom stereocenters. The Morgan fingerprint density at radius 1 is 1.19 bits per heavy atom. The minimum atomic E-state index is -0.440. The van der Waals surface area contributed by atoms with Crippen LogP contribution in [0.25, 0.3) is 0 Å². The fraction of sp³-hybridized carbons (Fsp3) is 0.333. The first-order chi connectivity index (χ1) is 13.0. The number of methoxy groups -OCH3 is 1. The molecule has 0 spiro atoms. The van der Waals surface area contributed by atoms with Crippen LogP contribution in [-0.2, 0) is 4.79 Å². The summed E-state index contributed by atoms with van der Waals surface area (Å²) in [7, 11) is 1.60. The lowest BCUT2D eigenvalue weighted by Crippen LogP contribution is -2.29. The van der Waals surface area contributed by atoms with Gasteiger partial charge in [-0.1, -0.05) is 60.4 Å². The quantitative estimate of drug-likeness (QED) is 0.657. The average Bonchev–Trinajstić information content (AvgIpc) is 2.68.